The van der Waals surface area contributed by atoms with Crippen LogP contribution in [0.25, 0.3) is 11.3 Å². The number of carboxylic acid groups (broad SMARTS) is 1. The third kappa shape index (κ3) is 3.18. The molecule has 1 aromatic carbocycles. The number of allylic oxidation sites excluding steroid dienone is 1. The lowest BCUT2D eigenvalue weighted by Crippen LogP contribution is -2.06. The number of hydrogen-bond donors (Lipinski definition) is 1. The zero-order valence-corrected chi connectivity index (χ0v) is 11.7. The fourth-order valence-corrected chi connectivity index (χ4v) is 2.28. The Morgan fingerprint density at radius 2 is 1.95 bits per heavy atom. The molecule has 0 aliphatic carbocycles. The molecule has 0 aliphatic heterocycles. The fraction of sp³-hybridized carbons (Fsp3) is 0.235. The van der Waals surface area contributed by atoms with E-state index in [0.717, 1.165) is 17.0 Å². The number of carbonyl (C=O) groups is 1. The van der Waals surface area contributed by atoms with Crippen molar-refractivity contribution in [3.8, 4) is 11.3 Å². The second-order valence-electron chi connectivity index (χ2n) is 4.87. The third-order valence-electron chi connectivity index (χ3n) is 3.33. The minimum Gasteiger partial charge on any atom is -0.481 e. The van der Waals surface area contributed by atoms with Gasteiger partial charge in [0.2, 0.25) is 0 Å². The summed E-state index contributed by atoms with van der Waals surface area (Å²) in [6.07, 6.45) is 2.52. The predicted octanol–water partition coefficient (Wildman–Crippen LogP) is 3.67. The summed E-state index contributed by atoms with van der Waals surface area (Å²) in [5.41, 5.74) is 4.49. The van der Waals surface area contributed by atoms with Gasteiger partial charge in [-0.15, -0.1) is 6.58 Å². The quantitative estimate of drug-likeness (QED) is 0.813. The number of aliphatic carboxylic acids is 1. The standard InChI is InChI=1S/C17H19NO2/c1-3-12-18-15(9-11-17(19)20)8-10-16(18)14-6-4-13(2)5-7-14/h3-8,10H,1,9,11-12H2,2H3,(H,19,20). The normalized spacial score (nSPS) is 10.4. The van der Waals surface area contributed by atoms with Crippen molar-refractivity contribution in [2.45, 2.75) is 26.3 Å². The smallest absolute Gasteiger partial charge is 0.303 e. The Hall–Kier alpha value is -2.29. The molecule has 0 spiro atoms. The lowest BCUT2D eigenvalue weighted by atomic mass is 10.1. The van der Waals surface area contributed by atoms with Crippen molar-refractivity contribution in [3.63, 3.8) is 0 Å². The van der Waals surface area contributed by atoms with Gasteiger partial charge in [-0.1, -0.05) is 35.9 Å². The minimum absolute atomic E-state index is 0.147. The van der Waals surface area contributed by atoms with Crippen LogP contribution in [0.3, 0.4) is 0 Å². The van der Waals surface area contributed by atoms with Gasteiger partial charge in [-0.3, -0.25) is 4.79 Å². The van der Waals surface area contributed by atoms with Crippen molar-refractivity contribution < 1.29 is 9.90 Å². The van der Waals surface area contributed by atoms with Gasteiger partial charge in [0.25, 0.3) is 0 Å². The Labute approximate surface area is 119 Å². The molecule has 3 nitrogen and oxygen atoms in total. The maximum atomic E-state index is 10.7. The molecule has 0 saturated carbocycles. The molecular formula is C17H19NO2. The van der Waals surface area contributed by atoms with E-state index >= 15 is 0 Å². The lowest BCUT2D eigenvalue weighted by Gasteiger charge is -2.11. The summed E-state index contributed by atoms with van der Waals surface area (Å²) in [6.45, 7) is 6.53. The molecule has 0 amide bonds. The zero-order valence-electron chi connectivity index (χ0n) is 11.7. The van der Waals surface area contributed by atoms with Crippen LogP contribution in [0.5, 0.6) is 0 Å². The molecule has 0 fully saturated rings. The van der Waals surface area contributed by atoms with Crippen LogP contribution in [-0.4, -0.2) is 15.6 Å². The van der Waals surface area contributed by atoms with Gasteiger partial charge in [0, 0.05) is 17.9 Å². The summed E-state index contributed by atoms with van der Waals surface area (Å²) < 4.78 is 2.13. The monoisotopic (exact) mass is 269 g/mol. The summed E-state index contributed by atoms with van der Waals surface area (Å²) in [5, 5.41) is 8.82. The summed E-state index contributed by atoms with van der Waals surface area (Å²) >= 11 is 0. The Balaban J connectivity index is 2.35. The van der Waals surface area contributed by atoms with E-state index in [1.165, 1.54) is 5.56 Å². The number of aryl methyl sites for hydroxylation is 2. The van der Waals surface area contributed by atoms with Gasteiger partial charge in [-0.25, -0.2) is 0 Å². The van der Waals surface area contributed by atoms with Crippen LogP contribution in [-0.2, 0) is 17.8 Å². The van der Waals surface area contributed by atoms with Gasteiger partial charge in [0.15, 0.2) is 0 Å². The van der Waals surface area contributed by atoms with E-state index in [1.54, 1.807) is 0 Å². The molecule has 0 unspecified atom stereocenters. The van der Waals surface area contributed by atoms with Crippen LogP contribution in [0.2, 0.25) is 0 Å². The van der Waals surface area contributed by atoms with Crippen LogP contribution >= 0.6 is 0 Å². The first-order chi connectivity index (χ1) is 9.61. The first-order valence-electron chi connectivity index (χ1n) is 6.70. The van der Waals surface area contributed by atoms with Gasteiger partial charge < -0.3 is 9.67 Å². The molecule has 1 N–H and O–H groups in total. The highest BCUT2D eigenvalue weighted by Crippen LogP contribution is 2.24. The summed E-state index contributed by atoms with van der Waals surface area (Å²) in [7, 11) is 0. The Morgan fingerprint density at radius 1 is 1.25 bits per heavy atom. The molecule has 3 heteroatoms. The summed E-state index contributed by atoms with van der Waals surface area (Å²) in [5.74, 6) is -0.770. The maximum Gasteiger partial charge on any atom is 0.303 e. The van der Waals surface area contributed by atoms with Crippen LogP contribution in [0.4, 0.5) is 0 Å². The Bertz CT molecular complexity index is 608. The minimum atomic E-state index is -0.770. The van der Waals surface area contributed by atoms with Crippen molar-refractivity contribution in [2.24, 2.45) is 0 Å². The van der Waals surface area contributed by atoms with Crippen molar-refractivity contribution in [2.75, 3.05) is 0 Å². The van der Waals surface area contributed by atoms with Crippen molar-refractivity contribution in [1.82, 2.24) is 4.57 Å². The Morgan fingerprint density at radius 3 is 2.55 bits per heavy atom. The van der Waals surface area contributed by atoms with E-state index in [1.807, 2.05) is 18.2 Å². The molecular weight excluding hydrogens is 250 g/mol. The molecule has 104 valence electrons. The van der Waals surface area contributed by atoms with Crippen molar-refractivity contribution >= 4 is 5.97 Å². The number of nitrogens with zero attached hydrogens (tertiary/aromatic N) is 1. The molecule has 0 bridgehead atoms. The predicted molar refractivity (Wildman–Crippen MR) is 80.8 cm³/mol. The third-order valence-corrected chi connectivity index (χ3v) is 3.33. The van der Waals surface area contributed by atoms with Crippen LogP contribution in [0.15, 0.2) is 49.1 Å². The fourth-order valence-electron chi connectivity index (χ4n) is 2.28. The molecule has 2 aromatic rings. The summed E-state index contributed by atoms with van der Waals surface area (Å²) in [6, 6.07) is 12.4. The number of rotatable bonds is 6. The molecule has 0 radical (unpaired) electrons. The van der Waals surface area contributed by atoms with Crippen LogP contribution < -0.4 is 0 Å². The second kappa shape index (κ2) is 6.24. The van der Waals surface area contributed by atoms with E-state index in [9.17, 15) is 4.79 Å². The van der Waals surface area contributed by atoms with E-state index in [0.29, 0.717) is 13.0 Å². The molecule has 0 saturated heterocycles. The molecule has 0 aliphatic rings. The number of benzene rings is 1. The number of hydrogen-bond acceptors (Lipinski definition) is 1. The maximum absolute atomic E-state index is 10.7. The first kappa shape index (κ1) is 14.1. The lowest BCUT2D eigenvalue weighted by molar-refractivity contribution is -0.136. The topological polar surface area (TPSA) is 42.2 Å². The van der Waals surface area contributed by atoms with E-state index in [2.05, 4.69) is 42.3 Å². The van der Waals surface area contributed by atoms with E-state index in [-0.39, 0.29) is 6.42 Å². The van der Waals surface area contributed by atoms with E-state index < -0.39 is 5.97 Å². The van der Waals surface area contributed by atoms with Crippen LogP contribution in [0, 0.1) is 6.92 Å². The van der Waals surface area contributed by atoms with Crippen molar-refractivity contribution in [3.05, 3.63) is 60.3 Å². The van der Waals surface area contributed by atoms with Gasteiger partial charge in [0.1, 0.15) is 0 Å². The highest BCUT2D eigenvalue weighted by atomic mass is 16.4. The first-order valence-corrected chi connectivity index (χ1v) is 6.70. The molecule has 1 heterocycles. The van der Waals surface area contributed by atoms with Gasteiger partial charge >= 0.3 is 5.97 Å². The molecule has 20 heavy (non-hydrogen) atoms. The van der Waals surface area contributed by atoms with Gasteiger partial charge in [-0.05, 0) is 31.0 Å². The van der Waals surface area contributed by atoms with Gasteiger partial charge in [0.05, 0.1) is 6.42 Å². The van der Waals surface area contributed by atoms with E-state index in [4.69, 9.17) is 5.11 Å². The number of carboxylic acids is 1. The molecule has 1 aromatic heterocycles. The highest BCUT2D eigenvalue weighted by molar-refractivity contribution is 5.67. The summed E-state index contributed by atoms with van der Waals surface area (Å²) in [4.78, 5) is 10.7. The van der Waals surface area contributed by atoms with Gasteiger partial charge in [-0.2, -0.15) is 0 Å². The molecule has 0 atom stereocenters. The molecule has 2 rings (SSSR count). The number of aromatic nitrogens is 1. The highest BCUT2D eigenvalue weighted by Gasteiger charge is 2.10. The Kier molecular flexibility index (Phi) is 4.41. The van der Waals surface area contributed by atoms with Crippen LogP contribution in [0.1, 0.15) is 17.7 Å². The van der Waals surface area contributed by atoms with Crippen molar-refractivity contribution in [1.29, 1.82) is 0 Å². The second-order valence-corrected chi connectivity index (χ2v) is 4.87. The zero-order chi connectivity index (χ0) is 14.5. The SMILES string of the molecule is C=CCn1c(CCC(=O)O)ccc1-c1ccc(C)cc1. The average Bonchev–Trinajstić information content (AvgIpc) is 2.81. The largest absolute Gasteiger partial charge is 0.481 e. The average molecular weight is 269 g/mol.